The first-order chi connectivity index (χ1) is 14.9. The second-order valence-corrected chi connectivity index (χ2v) is 10.3. The molecule has 0 radical (unpaired) electrons. The van der Waals surface area contributed by atoms with Crippen LogP contribution in [0.15, 0.2) is 47.6 Å². The van der Waals surface area contributed by atoms with Crippen LogP contribution in [-0.2, 0) is 10.0 Å². The monoisotopic (exact) mass is 439 g/mol. The maximum absolute atomic E-state index is 13.5. The molecule has 1 saturated heterocycles. The molecule has 1 N–H and O–H groups in total. The zero-order valence-corrected chi connectivity index (χ0v) is 17.8. The van der Waals surface area contributed by atoms with Crippen LogP contribution in [0.4, 0.5) is 10.1 Å². The third kappa shape index (κ3) is 3.27. The lowest BCUT2D eigenvalue weighted by molar-refractivity contribution is 0.432. The highest BCUT2D eigenvalue weighted by Crippen LogP contribution is 2.43. The molecule has 0 amide bonds. The molecular weight excluding hydrogens is 417 g/mol. The van der Waals surface area contributed by atoms with E-state index in [9.17, 15) is 18.1 Å². The quantitative estimate of drug-likeness (QED) is 0.674. The van der Waals surface area contributed by atoms with Crippen molar-refractivity contribution < 1.29 is 12.8 Å². The number of fused-ring (bicyclic) bond motifs is 2. The number of rotatable bonds is 4. The molecule has 160 valence electrons. The summed E-state index contributed by atoms with van der Waals surface area (Å²) in [6, 6.07) is 9.57. The smallest absolute Gasteiger partial charge is 0.243 e. The number of H-pyrrole nitrogens is 1. The van der Waals surface area contributed by atoms with Crippen LogP contribution in [0.5, 0.6) is 0 Å². The Morgan fingerprint density at radius 1 is 1.26 bits per heavy atom. The van der Waals surface area contributed by atoms with Gasteiger partial charge >= 0.3 is 0 Å². The van der Waals surface area contributed by atoms with Gasteiger partial charge in [0.25, 0.3) is 0 Å². The highest BCUT2D eigenvalue weighted by molar-refractivity contribution is 7.89. The second kappa shape index (κ2) is 7.32. The van der Waals surface area contributed by atoms with Gasteiger partial charge in [0.1, 0.15) is 17.5 Å². The van der Waals surface area contributed by atoms with E-state index < -0.39 is 15.8 Å². The fourth-order valence-corrected chi connectivity index (χ4v) is 6.74. The van der Waals surface area contributed by atoms with Crippen molar-refractivity contribution in [2.75, 3.05) is 25.0 Å². The maximum atomic E-state index is 13.5. The Balaban J connectivity index is 1.35. The number of hydrogen-bond donors (Lipinski definition) is 1. The minimum atomic E-state index is -3.70. The van der Waals surface area contributed by atoms with Crippen LogP contribution in [0.25, 0.3) is 11.0 Å². The molecule has 1 saturated carbocycles. The molecule has 3 atom stereocenters. The summed E-state index contributed by atoms with van der Waals surface area (Å²) in [5.74, 6) is -0.0707. The van der Waals surface area contributed by atoms with Gasteiger partial charge in [-0.3, -0.25) is 0 Å². The second-order valence-electron chi connectivity index (χ2n) is 8.41. The lowest BCUT2D eigenvalue weighted by Crippen LogP contribution is -2.34. The van der Waals surface area contributed by atoms with E-state index >= 15 is 0 Å². The van der Waals surface area contributed by atoms with E-state index in [1.807, 2.05) is 19.3 Å². The molecule has 5 rings (SSSR count). The Hall–Kier alpha value is -2.96. The molecule has 2 aliphatic rings. The van der Waals surface area contributed by atoms with Gasteiger partial charge in [-0.1, -0.05) is 6.07 Å². The lowest BCUT2D eigenvalue weighted by Gasteiger charge is -2.29. The van der Waals surface area contributed by atoms with E-state index in [0.29, 0.717) is 18.7 Å². The third-order valence-electron chi connectivity index (χ3n) is 6.71. The summed E-state index contributed by atoms with van der Waals surface area (Å²) in [7, 11) is -1.71. The summed E-state index contributed by atoms with van der Waals surface area (Å²) in [5.41, 5.74) is 2.14. The van der Waals surface area contributed by atoms with Gasteiger partial charge in [0.2, 0.25) is 10.0 Å². The van der Waals surface area contributed by atoms with Gasteiger partial charge in [0.05, 0.1) is 16.1 Å². The van der Waals surface area contributed by atoms with Gasteiger partial charge < -0.3 is 9.88 Å². The van der Waals surface area contributed by atoms with Crippen molar-refractivity contribution in [2.24, 2.45) is 11.8 Å². The molecular formula is C22H22FN5O2S. The number of pyridine rings is 1. The minimum absolute atomic E-state index is 0.00596. The predicted octanol–water partition coefficient (Wildman–Crippen LogP) is 3.11. The van der Waals surface area contributed by atoms with E-state index in [-0.39, 0.29) is 22.8 Å². The van der Waals surface area contributed by atoms with Crippen LogP contribution >= 0.6 is 0 Å². The average molecular weight is 440 g/mol. The average Bonchev–Trinajstić information content (AvgIpc) is 3.47. The van der Waals surface area contributed by atoms with E-state index in [0.717, 1.165) is 35.6 Å². The Bertz CT molecular complexity index is 1280. The first kappa shape index (κ1) is 20.0. The van der Waals surface area contributed by atoms with Gasteiger partial charge in [-0.05, 0) is 48.9 Å². The SMILES string of the molecule is CN(c1c(C#N)cnc2[nH]ccc12)[C@@H]1CC2CN(S(=O)(=O)c3cccc(F)c3)C[C@H]2C1. The molecule has 7 nitrogen and oxygen atoms in total. The molecule has 31 heavy (non-hydrogen) atoms. The standard InChI is InChI=1S/C22H22FN5O2S/c1-27(21-16(10-24)11-26-22-20(21)5-6-25-22)18-7-14-12-28(13-15(14)8-18)31(29,30)19-4-2-3-17(23)9-19/h2-6,9,11,14-15,18H,7-8,12-13H2,1H3,(H,25,26)/t14-,15?,18+/m1/s1. The maximum Gasteiger partial charge on any atom is 0.243 e. The van der Waals surface area contributed by atoms with Gasteiger partial charge in [-0.2, -0.15) is 9.57 Å². The van der Waals surface area contributed by atoms with Crippen LogP contribution in [0, 0.1) is 29.0 Å². The van der Waals surface area contributed by atoms with Crippen molar-refractivity contribution >= 4 is 26.7 Å². The molecule has 0 spiro atoms. The van der Waals surface area contributed by atoms with Gasteiger partial charge in [0.15, 0.2) is 0 Å². The van der Waals surface area contributed by atoms with E-state index in [2.05, 4.69) is 20.9 Å². The fraction of sp³-hybridized carbons (Fsp3) is 0.364. The molecule has 3 heterocycles. The molecule has 2 fully saturated rings. The number of anilines is 1. The van der Waals surface area contributed by atoms with Gasteiger partial charge in [-0.25, -0.2) is 17.8 Å². The molecule has 0 bridgehead atoms. The zero-order valence-electron chi connectivity index (χ0n) is 17.0. The van der Waals surface area contributed by atoms with Gasteiger partial charge in [0, 0.05) is 44.0 Å². The zero-order chi connectivity index (χ0) is 21.8. The highest BCUT2D eigenvalue weighted by atomic mass is 32.2. The molecule has 2 aromatic heterocycles. The lowest BCUT2D eigenvalue weighted by atomic mass is 10.0. The van der Waals surface area contributed by atoms with Crippen molar-refractivity contribution in [1.82, 2.24) is 14.3 Å². The number of halogens is 1. The number of sulfonamides is 1. The van der Waals surface area contributed by atoms with Crippen molar-refractivity contribution in [2.45, 2.75) is 23.8 Å². The first-order valence-electron chi connectivity index (χ1n) is 10.2. The van der Waals surface area contributed by atoms with Crippen LogP contribution in [0.3, 0.4) is 0 Å². The minimum Gasteiger partial charge on any atom is -0.370 e. The van der Waals surface area contributed by atoms with Gasteiger partial charge in [-0.15, -0.1) is 0 Å². The Labute approximate surface area is 180 Å². The summed E-state index contributed by atoms with van der Waals surface area (Å²) < 4.78 is 41.0. The van der Waals surface area contributed by atoms with Crippen molar-refractivity contribution in [3.8, 4) is 6.07 Å². The molecule has 3 aromatic rings. The molecule has 9 heteroatoms. The Morgan fingerprint density at radius 2 is 2.00 bits per heavy atom. The summed E-state index contributed by atoms with van der Waals surface area (Å²) in [6.45, 7) is 0.879. The molecule has 1 aliphatic heterocycles. The van der Waals surface area contributed by atoms with Crippen molar-refractivity contribution in [1.29, 1.82) is 5.26 Å². The number of benzene rings is 1. The van der Waals surface area contributed by atoms with E-state index in [1.54, 1.807) is 6.20 Å². The number of nitrogens with zero attached hydrogens (tertiary/aromatic N) is 4. The summed E-state index contributed by atoms with van der Waals surface area (Å²) in [4.78, 5) is 9.56. The number of aromatic amines is 1. The Kier molecular flexibility index (Phi) is 4.72. The number of hydrogen-bond acceptors (Lipinski definition) is 5. The normalized spacial score (nSPS) is 23.7. The summed E-state index contributed by atoms with van der Waals surface area (Å²) in [5, 5.41) is 10.5. The van der Waals surface area contributed by atoms with Crippen LogP contribution in [-0.4, -0.2) is 48.9 Å². The molecule has 1 aliphatic carbocycles. The largest absolute Gasteiger partial charge is 0.370 e. The highest BCUT2D eigenvalue weighted by Gasteiger charge is 2.46. The van der Waals surface area contributed by atoms with E-state index in [4.69, 9.17) is 0 Å². The Morgan fingerprint density at radius 3 is 2.68 bits per heavy atom. The summed E-state index contributed by atoms with van der Waals surface area (Å²) >= 11 is 0. The number of nitrogens with one attached hydrogen (secondary N) is 1. The van der Waals surface area contributed by atoms with Crippen molar-refractivity contribution in [3.63, 3.8) is 0 Å². The summed E-state index contributed by atoms with van der Waals surface area (Å²) in [6.07, 6.45) is 5.09. The van der Waals surface area contributed by atoms with Crippen LogP contribution in [0.1, 0.15) is 18.4 Å². The predicted molar refractivity (Wildman–Crippen MR) is 114 cm³/mol. The topological polar surface area (TPSA) is 93.1 Å². The molecule has 1 unspecified atom stereocenters. The first-order valence-corrected chi connectivity index (χ1v) is 11.7. The van der Waals surface area contributed by atoms with Crippen LogP contribution < -0.4 is 4.90 Å². The van der Waals surface area contributed by atoms with E-state index in [1.165, 1.54) is 22.5 Å². The number of nitriles is 1. The van der Waals surface area contributed by atoms with Crippen molar-refractivity contribution in [3.05, 3.63) is 54.1 Å². The number of aromatic nitrogens is 2. The van der Waals surface area contributed by atoms with Crippen LogP contribution in [0.2, 0.25) is 0 Å². The third-order valence-corrected chi connectivity index (χ3v) is 8.53. The molecule has 1 aromatic carbocycles. The fourth-order valence-electron chi connectivity index (χ4n) is 5.15.